The van der Waals surface area contributed by atoms with Crippen LogP contribution < -0.4 is 4.90 Å². The van der Waals surface area contributed by atoms with Crippen LogP contribution in [0.4, 0.5) is 5.69 Å². The van der Waals surface area contributed by atoms with Gasteiger partial charge in [0.1, 0.15) is 12.4 Å². The van der Waals surface area contributed by atoms with Crippen molar-refractivity contribution in [2.24, 2.45) is 0 Å². The number of para-hydroxylation sites is 2. The van der Waals surface area contributed by atoms with Crippen molar-refractivity contribution in [1.82, 2.24) is 14.5 Å². The maximum absolute atomic E-state index is 13.3. The molecular formula is C25H29BrN4O2. The lowest BCUT2D eigenvalue weighted by Crippen LogP contribution is -2.44. The Hall–Kier alpha value is -2.67. The molecule has 2 amide bonds. The number of hydrogen-bond donors (Lipinski definition) is 0. The van der Waals surface area contributed by atoms with E-state index in [0.29, 0.717) is 13.0 Å². The zero-order valence-corrected chi connectivity index (χ0v) is 20.5. The Balaban J connectivity index is 1.69. The third-order valence-corrected chi connectivity index (χ3v) is 6.48. The lowest BCUT2D eigenvalue weighted by atomic mass is 10.1. The Morgan fingerprint density at radius 2 is 1.84 bits per heavy atom. The van der Waals surface area contributed by atoms with Crippen molar-refractivity contribution in [3.63, 3.8) is 0 Å². The van der Waals surface area contributed by atoms with E-state index in [2.05, 4.69) is 15.9 Å². The minimum absolute atomic E-state index is 0.0626. The molecule has 32 heavy (non-hydrogen) atoms. The van der Waals surface area contributed by atoms with Gasteiger partial charge in [-0.05, 0) is 58.0 Å². The van der Waals surface area contributed by atoms with E-state index in [1.165, 1.54) is 0 Å². The van der Waals surface area contributed by atoms with Crippen LogP contribution in [-0.4, -0.2) is 44.9 Å². The minimum atomic E-state index is -0.0757. The van der Waals surface area contributed by atoms with E-state index < -0.39 is 0 Å². The molecule has 0 radical (unpaired) electrons. The number of carbonyl (C=O) groups is 2. The van der Waals surface area contributed by atoms with Gasteiger partial charge in [0, 0.05) is 41.1 Å². The summed E-state index contributed by atoms with van der Waals surface area (Å²) >= 11 is 3.49. The Kier molecular flexibility index (Phi) is 6.38. The summed E-state index contributed by atoms with van der Waals surface area (Å²) in [4.78, 5) is 34.8. The first-order chi connectivity index (χ1) is 15.3. The van der Waals surface area contributed by atoms with Gasteiger partial charge in [0.05, 0.1) is 11.0 Å². The summed E-state index contributed by atoms with van der Waals surface area (Å²) in [5, 5.41) is 0. The number of rotatable bonds is 6. The third kappa shape index (κ3) is 4.31. The van der Waals surface area contributed by atoms with Crippen LogP contribution in [0.5, 0.6) is 0 Å². The lowest BCUT2D eigenvalue weighted by molar-refractivity contribution is -0.135. The van der Waals surface area contributed by atoms with E-state index in [9.17, 15) is 9.59 Å². The topological polar surface area (TPSA) is 58.4 Å². The second-order valence-electron chi connectivity index (χ2n) is 8.92. The van der Waals surface area contributed by atoms with Gasteiger partial charge in [-0.1, -0.05) is 34.1 Å². The number of aromatic nitrogens is 2. The molecule has 0 saturated carbocycles. The average molecular weight is 497 g/mol. The first-order valence-electron chi connectivity index (χ1n) is 11.1. The van der Waals surface area contributed by atoms with Crippen molar-refractivity contribution in [3.05, 3.63) is 58.8 Å². The summed E-state index contributed by atoms with van der Waals surface area (Å²) in [6, 6.07) is 15.9. The fourth-order valence-electron chi connectivity index (χ4n) is 4.74. The molecule has 3 aromatic rings. The summed E-state index contributed by atoms with van der Waals surface area (Å²) in [6.45, 7) is 8.91. The predicted octanol–water partition coefficient (Wildman–Crippen LogP) is 4.96. The van der Waals surface area contributed by atoms with Gasteiger partial charge in [0.15, 0.2) is 0 Å². The SMILES string of the molecule is CC(C)N(C(=O)Cn1c(C2CC(=O)N(c3cccc(Br)c3)C2)nc2ccccc21)C(C)C. The van der Waals surface area contributed by atoms with E-state index >= 15 is 0 Å². The zero-order valence-electron chi connectivity index (χ0n) is 19.0. The quantitative estimate of drug-likeness (QED) is 0.484. The minimum Gasteiger partial charge on any atom is -0.336 e. The molecule has 7 heteroatoms. The average Bonchev–Trinajstić information content (AvgIpc) is 3.28. The number of nitrogens with zero attached hydrogens (tertiary/aromatic N) is 4. The van der Waals surface area contributed by atoms with E-state index in [0.717, 1.165) is 27.0 Å². The maximum Gasteiger partial charge on any atom is 0.243 e. The van der Waals surface area contributed by atoms with Crippen molar-refractivity contribution >= 4 is 44.5 Å². The number of benzene rings is 2. The lowest BCUT2D eigenvalue weighted by Gasteiger charge is -2.31. The Labute approximate surface area is 197 Å². The highest BCUT2D eigenvalue weighted by atomic mass is 79.9. The van der Waals surface area contributed by atoms with Gasteiger partial charge in [-0.3, -0.25) is 9.59 Å². The highest BCUT2D eigenvalue weighted by Gasteiger charge is 2.35. The Morgan fingerprint density at radius 1 is 1.12 bits per heavy atom. The normalized spacial score (nSPS) is 16.5. The number of amides is 2. The summed E-state index contributed by atoms with van der Waals surface area (Å²) in [6.07, 6.45) is 0.377. The van der Waals surface area contributed by atoms with Crippen LogP contribution >= 0.6 is 15.9 Å². The molecule has 168 valence electrons. The standard InChI is InChI=1S/C25H29BrN4O2/c1-16(2)30(17(3)4)24(32)15-29-22-11-6-5-10-21(22)27-25(29)18-12-23(31)28(14-18)20-9-7-8-19(26)13-20/h5-11,13,16-18H,12,14-15H2,1-4H3. The summed E-state index contributed by atoms with van der Waals surface area (Å²) in [7, 11) is 0. The van der Waals surface area contributed by atoms with Crippen LogP contribution in [0.1, 0.15) is 45.9 Å². The molecule has 0 bridgehead atoms. The second-order valence-corrected chi connectivity index (χ2v) is 9.83. The number of halogens is 1. The van der Waals surface area contributed by atoms with Crippen LogP contribution in [0.2, 0.25) is 0 Å². The van der Waals surface area contributed by atoms with Crippen LogP contribution in [-0.2, 0) is 16.1 Å². The molecule has 0 spiro atoms. The number of imidazole rings is 1. The first-order valence-corrected chi connectivity index (χ1v) is 11.9. The van der Waals surface area contributed by atoms with Crippen molar-refractivity contribution < 1.29 is 9.59 Å². The largest absolute Gasteiger partial charge is 0.336 e. The molecule has 2 heterocycles. The summed E-state index contributed by atoms with van der Waals surface area (Å²) in [5.74, 6) is 0.864. The highest BCUT2D eigenvalue weighted by Crippen LogP contribution is 2.34. The van der Waals surface area contributed by atoms with Gasteiger partial charge in [-0.15, -0.1) is 0 Å². The number of hydrogen-bond acceptors (Lipinski definition) is 3. The van der Waals surface area contributed by atoms with Crippen molar-refractivity contribution in [2.45, 2.75) is 58.7 Å². The van der Waals surface area contributed by atoms with E-state index in [1.807, 2.05) is 90.6 Å². The second kappa shape index (κ2) is 9.06. The molecule has 1 atom stereocenters. The van der Waals surface area contributed by atoms with Crippen molar-refractivity contribution in [3.8, 4) is 0 Å². The van der Waals surface area contributed by atoms with E-state index in [1.54, 1.807) is 0 Å². The summed E-state index contributed by atoms with van der Waals surface area (Å²) in [5.41, 5.74) is 2.65. The molecule has 1 saturated heterocycles. The smallest absolute Gasteiger partial charge is 0.243 e. The van der Waals surface area contributed by atoms with Gasteiger partial charge in [-0.25, -0.2) is 4.98 Å². The molecule has 1 aliphatic heterocycles. The van der Waals surface area contributed by atoms with Gasteiger partial charge < -0.3 is 14.4 Å². The fourth-order valence-corrected chi connectivity index (χ4v) is 5.12. The number of fused-ring (bicyclic) bond motifs is 1. The molecule has 4 rings (SSSR count). The summed E-state index contributed by atoms with van der Waals surface area (Å²) < 4.78 is 2.95. The molecule has 0 N–H and O–H groups in total. The van der Waals surface area contributed by atoms with Gasteiger partial charge in [-0.2, -0.15) is 0 Å². The van der Waals surface area contributed by atoms with Crippen LogP contribution in [0.15, 0.2) is 53.0 Å². The molecule has 1 unspecified atom stereocenters. The molecule has 2 aromatic carbocycles. The molecule has 6 nitrogen and oxygen atoms in total. The van der Waals surface area contributed by atoms with Gasteiger partial charge in [0.2, 0.25) is 11.8 Å². The monoisotopic (exact) mass is 496 g/mol. The molecule has 1 fully saturated rings. The predicted molar refractivity (Wildman–Crippen MR) is 131 cm³/mol. The Morgan fingerprint density at radius 3 is 2.53 bits per heavy atom. The third-order valence-electron chi connectivity index (χ3n) is 5.99. The number of carbonyl (C=O) groups excluding carboxylic acids is 2. The fraction of sp³-hybridized carbons (Fsp3) is 0.400. The van der Waals surface area contributed by atoms with Crippen LogP contribution in [0.25, 0.3) is 11.0 Å². The van der Waals surface area contributed by atoms with Crippen molar-refractivity contribution in [2.75, 3.05) is 11.4 Å². The molecule has 1 aromatic heterocycles. The molecular weight excluding hydrogens is 468 g/mol. The van der Waals surface area contributed by atoms with E-state index in [-0.39, 0.29) is 36.4 Å². The number of anilines is 1. The van der Waals surface area contributed by atoms with Crippen LogP contribution in [0.3, 0.4) is 0 Å². The van der Waals surface area contributed by atoms with Crippen molar-refractivity contribution in [1.29, 1.82) is 0 Å². The highest BCUT2D eigenvalue weighted by molar-refractivity contribution is 9.10. The zero-order chi connectivity index (χ0) is 23.0. The van der Waals surface area contributed by atoms with Crippen LogP contribution in [0, 0.1) is 0 Å². The van der Waals surface area contributed by atoms with Gasteiger partial charge >= 0.3 is 0 Å². The Bertz CT molecular complexity index is 1150. The maximum atomic E-state index is 13.3. The first kappa shape index (κ1) is 22.5. The molecule has 0 aliphatic carbocycles. The molecule has 1 aliphatic rings. The van der Waals surface area contributed by atoms with E-state index in [4.69, 9.17) is 4.98 Å². The van der Waals surface area contributed by atoms with Gasteiger partial charge in [0.25, 0.3) is 0 Å².